The highest BCUT2D eigenvalue weighted by atomic mass is 16.4. The maximum absolute atomic E-state index is 12.2. The van der Waals surface area contributed by atoms with E-state index in [1.54, 1.807) is 6.08 Å². The summed E-state index contributed by atoms with van der Waals surface area (Å²) in [4.78, 5) is 24.6. The first-order valence-corrected chi connectivity index (χ1v) is 7.25. The lowest BCUT2D eigenvalue weighted by molar-refractivity contribution is -0.137. The lowest BCUT2D eigenvalue weighted by Crippen LogP contribution is -2.39. The van der Waals surface area contributed by atoms with Crippen molar-refractivity contribution in [3.05, 3.63) is 11.6 Å². The van der Waals surface area contributed by atoms with Gasteiger partial charge in [-0.2, -0.15) is 0 Å². The number of hydrogen-bond donors (Lipinski definition) is 1. The number of carboxylic acids is 1. The van der Waals surface area contributed by atoms with Crippen LogP contribution >= 0.6 is 0 Å². The van der Waals surface area contributed by atoms with Crippen molar-refractivity contribution < 1.29 is 14.7 Å². The zero-order valence-electron chi connectivity index (χ0n) is 11.6. The van der Waals surface area contributed by atoms with Crippen LogP contribution in [0.5, 0.6) is 0 Å². The van der Waals surface area contributed by atoms with Gasteiger partial charge in [0, 0.05) is 25.6 Å². The maximum Gasteiger partial charge on any atom is 0.303 e. The third kappa shape index (κ3) is 4.37. The van der Waals surface area contributed by atoms with Gasteiger partial charge in [-0.25, -0.2) is 0 Å². The van der Waals surface area contributed by atoms with Gasteiger partial charge in [-0.15, -0.1) is 0 Å². The largest absolute Gasteiger partial charge is 0.481 e. The lowest BCUT2D eigenvalue weighted by Gasteiger charge is -2.32. The zero-order chi connectivity index (χ0) is 13.8. The van der Waals surface area contributed by atoms with E-state index in [1.807, 2.05) is 11.8 Å². The molecule has 0 bridgehead atoms. The summed E-state index contributed by atoms with van der Waals surface area (Å²) in [5.41, 5.74) is 1.21. The van der Waals surface area contributed by atoms with Gasteiger partial charge in [0.15, 0.2) is 0 Å². The molecule has 1 aliphatic heterocycles. The average Bonchev–Trinajstić information content (AvgIpc) is 3.21. The van der Waals surface area contributed by atoms with E-state index in [4.69, 9.17) is 5.11 Å². The second-order valence-corrected chi connectivity index (χ2v) is 5.89. The number of allylic oxidation sites excluding steroid dienone is 1. The van der Waals surface area contributed by atoms with Gasteiger partial charge in [-0.3, -0.25) is 9.59 Å². The smallest absolute Gasteiger partial charge is 0.303 e. The Kier molecular flexibility index (Phi) is 4.61. The van der Waals surface area contributed by atoms with E-state index in [0.29, 0.717) is 18.3 Å². The maximum atomic E-state index is 12.2. The van der Waals surface area contributed by atoms with Crippen molar-refractivity contribution in [2.24, 2.45) is 11.8 Å². The summed E-state index contributed by atoms with van der Waals surface area (Å²) < 4.78 is 0. The zero-order valence-corrected chi connectivity index (χ0v) is 11.6. The van der Waals surface area contributed by atoms with Crippen LogP contribution in [-0.2, 0) is 9.59 Å². The molecular formula is C15H23NO3. The second kappa shape index (κ2) is 6.22. The number of rotatable bonds is 5. The molecule has 0 radical (unpaired) electrons. The number of amides is 1. The highest BCUT2D eigenvalue weighted by Gasteiger charge is 2.26. The Hall–Kier alpha value is -1.32. The molecule has 1 atom stereocenters. The fourth-order valence-corrected chi connectivity index (χ4v) is 2.77. The van der Waals surface area contributed by atoms with Crippen LogP contribution in [0.2, 0.25) is 0 Å². The average molecular weight is 265 g/mol. The van der Waals surface area contributed by atoms with E-state index in [9.17, 15) is 9.59 Å². The quantitative estimate of drug-likeness (QED) is 0.777. The summed E-state index contributed by atoms with van der Waals surface area (Å²) in [6.07, 6.45) is 7.16. The fourth-order valence-electron chi connectivity index (χ4n) is 2.77. The van der Waals surface area contributed by atoms with Crippen LogP contribution in [-0.4, -0.2) is 35.0 Å². The molecule has 1 N–H and O–H groups in total. The van der Waals surface area contributed by atoms with E-state index in [2.05, 4.69) is 0 Å². The van der Waals surface area contributed by atoms with Crippen molar-refractivity contribution in [3.8, 4) is 0 Å². The van der Waals surface area contributed by atoms with Crippen molar-refractivity contribution >= 4 is 11.9 Å². The molecule has 1 unspecified atom stereocenters. The Morgan fingerprint density at radius 2 is 2.05 bits per heavy atom. The third-order valence-electron chi connectivity index (χ3n) is 4.17. The monoisotopic (exact) mass is 265 g/mol. The first kappa shape index (κ1) is 14.1. The van der Waals surface area contributed by atoms with E-state index in [-0.39, 0.29) is 12.3 Å². The molecule has 4 heteroatoms. The van der Waals surface area contributed by atoms with Gasteiger partial charge in [0.25, 0.3) is 0 Å². The van der Waals surface area contributed by atoms with E-state index in [1.165, 1.54) is 18.4 Å². The topological polar surface area (TPSA) is 57.6 Å². The summed E-state index contributed by atoms with van der Waals surface area (Å²) >= 11 is 0. The molecule has 106 valence electrons. The van der Waals surface area contributed by atoms with Gasteiger partial charge in [-0.1, -0.05) is 5.57 Å². The van der Waals surface area contributed by atoms with Crippen LogP contribution in [0.3, 0.4) is 0 Å². The molecule has 0 aromatic heterocycles. The molecule has 0 aromatic rings. The van der Waals surface area contributed by atoms with Gasteiger partial charge in [-0.05, 0) is 50.9 Å². The predicted molar refractivity (Wildman–Crippen MR) is 72.7 cm³/mol. The molecule has 2 aliphatic rings. The number of nitrogens with zero attached hydrogens (tertiary/aromatic N) is 1. The number of aliphatic carboxylic acids is 1. The molecule has 1 saturated carbocycles. The highest BCUT2D eigenvalue weighted by Crippen LogP contribution is 2.36. The standard InChI is InChI=1S/C15H23NO3/c1-11(13-5-6-13)9-14(17)16-8-2-3-12(10-16)4-7-15(18)19/h9,12-13H,2-8,10H2,1H3,(H,18,19). The van der Waals surface area contributed by atoms with Crippen LogP contribution in [0.25, 0.3) is 0 Å². The minimum absolute atomic E-state index is 0.115. The number of piperidine rings is 1. The van der Waals surface area contributed by atoms with Gasteiger partial charge in [0.05, 0.1) is 0 Å². The van der Waals surface area contributed by atoms with Crippen molar-refractivity contribution in [1.82, 2.24) is 4.90 Å². The van der Waals surface area contributed by atoms with Gasteiger partial charge < -0.3 is 10.0 Å². The van der Waals surface area contributed by atoms with Crippen molar-refractivity contribution in [1.29, 1.82) is 0 Å². The SMILES string of the molecule is CC(=CC(=O)N1CCCC(CCC(=O)O)C1)C1CC1. The molecule has 1 saturated heterocycles. The van der Waals surface area contributed by atoms with Gasteiger partial charge >= 0.3 is 5.97 Å². The fraction of sp³-hybridized carbons (Fsp3) is 0.733. The summed E-state index contributed by atoms with van der Waals surface area (Å²) in [5, 5.41) is 8.72. The second-order valence-electron chi connectivity index (χ2n) is 5.89. The number of carbonyl (C=O) groups excluding carboxylic acids is 1. The van der Waals surface area contributed by atoms with Crippen molar-refractivity contribution in [2.75, 3.05) is 13.1 Å². The Morgan fingerprint density at radius 3 is 2.68 bits per heavy atom. The van der Waals surface area contributed by atoms with Crippen LogP contribution in [0.1, 0.15) is 45.4 Å². The van der Waals surface area contributed by atoms with Crippen LogP contribution in [0, 0.1) is 11.8 Å². The third-order valence-corrected chi connectivity index (χ3v) is 4.17. The van der Waals surface area contributed by atoms with Crippen LogP contribution in [0.4, 0.5) is 0 Å². The summed E-state index contributed by atoms with van der Waals surface area (Å²) in [6.45, 7) is 3.58. The highest BCUT2D eigenvalue weighted by molar-refractivity contribution is 5.88. The molecule has 2 fully saturated rings. The van der Waals surface area contributed by atoms with Gasteiger partial charge in [0.1, 0.15) is 0 Å². The minimum Gasteiger partial charge on any atom is -0.481 e. The molecule has 0 spiro atoms. The molecule has 1 amide bonds. The molecule has 4 nitrogen and oxygen atoms in total. The lowest BCUT2D eigenvalue weighted by atomic mass is 9.93. The Balaban J connectivity index is 1.84. The molecule has 0 aromatic carbocycles. The van der Waals surface area contributed by atoms with Crippen molar-refractivity contribution in [3.63, 3.8) is 0 Å². The number of carbonyl (C=O) groups is 2. The summed E-state index contributed by atoms with van der Waals surface area (Å²) in [6, 6.07) is 0. The predicted octanol–water partition coefficient (Wildman–Crippen LogP) is 2.45. The summed E-state index contributed by atoms with van der Waals surface area (Å²) in [5.74, 6) is 0.359. The first-order valence-electron chi connectivity index (χ1n) is 7.25. The van der Waals surface area contributed by atoms with Crippen LogP contribution in [0.15, 0.2) is 11.6 Å². The molecule has 2 rings (SSSR count). The Bertz CT molecular complexity index is 385. The van der Waals surface area contributed by atoms with Gasteiger partial charge in [0.2, 0.25) is 5.91 Å². The van der Waals surface area contributed by atoms with Crippen LogP contribution < -0.4 is 0 Å². The number of likely N-dealkylation sites (tertiary alicyclic amines) is 1. The molecular weight excluding hydrogens is 242 g/mol. The Morgan fingerprint density at radius 1 is 1.32 bits per heavy atom. The minimum atomic E-state index is -0.743. The molecule has 19 heavy (non-hydrogen) atoms. The summed E-state index contributed by atoms with van der Waals surface area (Å²) in [7, 11) is 0. The number of carboxylic acid groups (broad SMARTS) is 1. The van der Waals surface area contributed by atoms with E-state index in [0.717, 1.165) is 25.9 Å². The van der Waals surface area contributed by atoms with E-state index >= 15 is 0 Å². The van der Waals surface area contributed by atoms with E-state index < -0.39 is 5.97 Å². The normalized spacial score (nSPS) is 24.4. The molecule has 1 aliphatic carbocycles. The Labute approximate surface area is 114 Å². The van der Waals surface area contributed by atoms with Crippen molar-refractivity contribution in [2.45, 2.75) is 45.4 Å². The first-order chi connectivity index (χ1) is 9.06. The molecule has 1 heterocycles. The number of hydrogen-bond acceptors (Lipinski definition) is 2.